The van der Waals surface area contributed by atoms with Gasteiger partial charge in [0.25, 0.3) is 0 Å². The van der Waals surface area contributed by atoms with Crippen LogP contribution in [0.3, 0.4) is 0 Å². The molecule has 0 aliphatic carbocycles. The Hall–Kier alpha value is -1.91. The van der Waals surface area contributed by atoms with Crippen LogP contribution in [0.15, 0.2) is 48.7 Å². The fourth-order valence-electron chi connectivity index (χ4n) is 2.43. The molecule has 3 aromatic rings. The first-order chi connectivity index (χ1) is 10.1. The van der Waals surface area contributed by atoms with E-state index in [2.05, 4.69) is 0 Å². The van der Waals surface area contributed by atoms with Gasteiger partial charge in [-0.2, -0.15) is 0 Å². The van der Waals surface area contributed by atoms with E-state index in [1.165, 1.54) is 6.07 Å². The average molecular weight is 319 g/mol. The highest BCUT2D eigenvalue weighted by Gasteiger charge is 2.10. The van der Waals surface area contributed by atoms with E-state index in [4.69, 9.17) is 29.6 Å². The molecular formula is C16H12ClFN2S. The van der Waals surface area contributed by atoms with Gasteiger partial charge in [0.05, 0.1) is 5.02 Å². The highest BCUT2D eigenvalue weighted by Crippen LogP contribution is 2.25. The molecule has 2 aromatic carbocycles. The number of aromatic nitrogens is 1. The maximum Gasteiger partial charge on any atom is 0.142 e. The summed E-state index contributed by atoms with van der Waals surface area (Å²) in [6.45, 7) is 0.487. The standard InChI is InChI=1S/C16H12ClFN2S/c17-15-10(3-1-5-13(15)18)9-20-8-7-11-12(16(19)21)4-2-6-14(11)20/h1-8H,9H2,(H2,19,21). The molecule has 0 amide bonds. The molecule has 0 aliphatic heterocycles. The Morgan fingerprint density at radius 3 is 2.71 bits per heavy atom. The van der Waals surface area contributed by atoms with Gasteiger partial charge >= 0.3 is 0 Å². The lowest BCUT2D eigenvalue weighted by Crippen LogP contribution is -2.09. The van der Waals surface area contributed by atoms with Crippen molar-refractivity contribution < 1.29 is 4.39 Å². The fourth-order valence-corrected chi connectivity index (χ4v) is 2.79. The van der Waals surface area contributed by atoms with Crippen molar-refractivity contribution >= 4 is 39.7 Å². The molecule has 1 heterocycles. The van der Waals surface area contributed by atoms with Crippen molar-refractivity contribution in [1.82, 2.24) is 4.57 Å². The van der Waals surface area contributed by atoms with Crippen molar-refractivity contribution in [2.45, 2.75) is 6.54 Å². The van der Waals surface area contributed by atoms with E-state index in [1.54, 1.807) is 6.07 Å². The molecular weight excluding hydrogens is 307 g/mol. The number of halogens is 2. The van der Waals surface area contributed by atoms with E-state index >= 15 is 0 Å². The first kappa shape index (κ1) is 14.0. The molecule has 2 N–H and O–H groups in total. The third kappa shape index (κ3) is 2.52. The predicted octanol–water partition coefficient (Wildman–Crippen LogP) is 4.12. The number of hydrogen-bond donors (Lipinski definition) is 1. The van der Waals surface area contributed by atoms with Crippen molar-refractivity contribution in [2.75, 3.05) is 0 Å². The van der Waals surface area contributed by atoms with Gasteiger partial charge in [0.15, 0.2) is 0 Å². The number of nitrogens with two attached hydrogens (primary N) is 1. The zero-order chi connectivity index (χ0) is 15.0. The molecule has 1 aromatic heterocycles. The molecule has 21 heavy (non-hydrogen) atoms. The highest BCUT2D eigenvalue weighted by atomic mass is 35.5. The molecule has 0 spiro atoms. The third-order valence-corrected chi connectivity index (χ3v) is 4.09. The number of hydrogen-bond acceptors (Lipinski definition) is 1. The molecule has 0 fully saturated rings. The van der Waals surface area contributed by atoms with Crippen LogP contribution in [0.2, 0.25) is 5.02 Å². The van der Waals surface area contributed by atoms with Gasteiger partial charge in [-0.1, -0.05) is 48.1 Å². The largest absolute Gasteiger partial charge is 0.389 e. The van der Waals surface area contributed by atoms with E-state index in [0.29, 0.717) is 11.5 Å². The summed E-state index contributed by atoms with van der Waals surface area (Å²) < 4.78 is 15.5. The molecule has 106 valence electrons. The number of benzene rings is 2. The van der Waals surface area contributed by atoms with Gasteiger partial charge in [-0.15, -0.1) is 0 Å². The van der Waals surface area contributed by atoms with Crippen molar-refractivity contribution in [3.8, 4) is 0 Å². The minimum Gasteiger partial charge on any atom is -0.389 e. The van der Waals surface area contributed by atoms with Gasteiger partial charge in [-0.25, -0.2) is 4.39 Å². The predicted molar refractivity (Wildman–Crippen MR) is 88.3 cm³/mol. The monoisotopic (exact) mass is 318 g/mol. The molecule has 0 unspecified atom stereocenters. The van der Waals surface area contributed by atoms with E-state index in [1.807, 2.05) is 41.1 Å². The molecule has 0 radical (unpaired) electrons. The summed E-state index contributed by atoms with van der Waals surface area (Å²) in [5.74, 6) is -0.408. The Balaban J connectivity index is 2.08. The minimum absolute atomic E-state index is 0.157. The summed E-state index contributed by atoms with van der Waals surface area (Å²) in [6, 6.07) is 12.5. The summed E-state index contributed by atoms with van der Waals surface area (Å²) in [6.07, 6.45) is 1.92. The van der Waals surface area contributed by atoms with Gasteiger partial charge in [0, 0.05) is 29.2 Å². The topological polar surface area (TPSA) is 30.9 Å². The number of nitrogens with zero attached hydrogens (tertiary/aromatic N) is 1. The van der Waals surface area contributed by atoms with E-state index in [-0.39, 0.29) is 5.02 Å². The average Bonchev–Trinajstić information content (AvgIpc) is 2.87. The Kier molecular flexibility index (Phi) is 3.66. The van der Waals surface area contributed by atoms with Crippen LogP contribution in [0.25, 0.3) is 10.9 Å². The minimum atomic E-state index is -0.408. The van der Waals surface area contributed by atoms with Gasteiger partial charge in [0.2, 0.25) is 0 Å². The number of fused-ring (bicyclic) bond motifs is 1. The van der Waals surface area contributed by atoms with Crippen molar-refractivity contribution in [3.63, 3.8) is 0 Å². The Morgan fingerprint density at radius 1 is 1.19 bits per heavy atom. The lowest BCUT2D eigenvalue weighted by atomic mass is 10.1. The SMILES string of the molecule is NC(=S)c1cccc2c1ccn2Cc1cccc(F)c1Cl. The zero-order valence-corrected chi connectivity index (χ0v) is 12.6. The van der Waals surface area contributed by atoms with E-state index in [0.717, 1.165) is 22.0 Å². The number of thiocarbonyl (C=S) groups is 1. The molecule has 2 nitrogen and oxygen atoms in total. The van der Waals surface area contributed by atoms with Crippen LogP contribution in [0.1, 0.15) is 11.1 Å². The van der Waals surface area contributed by atoms with Crippen LogP contribution < -0.4 is 5.73 Å². The lowest BCUT2D eigenvalue weighted by molar-refractivity contribution is 0.624. The van der Waals surface area contributed by atoms with Crippen LogP contribution >= 0.6 is 23.8 Å². The summed E-state index contributed by atoms with van der Waals surface area (Å²) in [7, 11) is 0. The Morgan fingerprint density at radius 2 is 1.95 bits per heavy atom. The summed E-state index contributed by atoms with van der Waals surface area (Å²) in [4.78, 5) is 0.363. The molecule has 0 aliphatic rings. The molecule has 3 rings (SSSR count). The van der Waals surface area contributed by atoms with Crippen LogP contribution in [-0.2, 0) is 6.54 Å². The smallest absolute Gasteiger partial charge is 0.142 e. The zero-order valence-electron chi connectivity index (χ0n) is 11.0. The van der Waals surface area contributed by atoms with Crippen molar-refractivity contribution in [3.05, 3.63) is 70.6 Å². The van der Waals surface area contributed by atoms with Gasteiger partial charge < -0.3 is 10.3 Å². The second kappa shape index (κ2) is 5.47. The quantitative estimate of drug-likeness (QED) is 0.737. The fraction of sp³-hybridized carbons (Fsp3) is 0.0625. The molecule has 0 bridgehead atoms. The summed E-state index contributed by atoms with van der Waals surface area (Å²) in [5, 5.41) is 1.14. The molecule has 0 saturated heterocycles. The van der Waals surface area contributed by atoms with Gasteiger partial charge in [0.1, 0.15) is 10.8 Å². The lowest BCUT2D eigenvalue weighted by Gasteiger charge is -2.09. The maximum absolute atomic E-state index is 13.5. The van der Waals surface area contributed by atoms with Crippen LogP contribution in [0.4, 0.5) is 4.39 Å². The second-order valence-corrected chi connectivity index (χ2v) is 5.58. The molecule has 0 saturated carbocycles. The van der Waals surface area contributed by atoms with Crippen molar-refractivity contribution in [1.29, 1.82) is 0 Å². The van der Waals surface area contributed by atoms with E-state index < -0.39 is 5.82 Å². The van der Waals surface area contributed by atoms with E-state index in [9.17, 15) is 4.39 Å². The molecule has 5 heteroatoms. The Labute approximate surface area is 131 Å². The normalized spacial score (nSPS) is 11.0. The highest BCUT2D eigenvalue weighted by molar-refractivity contribution is 7.80. The summed E-state index contributed by atoms with van der Waals surface area (Å²) in [5.41, 5.74) is 8.29. The van der Waals surface area contributed by atoms with Gasteiger partial charge in [-0.05, 0) is 23.8 Å². The number of rotatable bonds is 3. The summed E-state index contributed by atoms with van der Waals surface area (Å²) >= 11 is 11.1. The first-order valence-corrected chi connectivity index (χ1v) is 7.17. The second-order valence-electron chi connectivity index (χ2n) is 4.76. The van der Waals surface area contributed by atoms with Crippen LogP contribution in [0, 0.1) is 5.82 Å². The Bertz CT molecular complexity index is 841. The van der Waals surface area contributed by atoms with Crippen LogP contribution in [-0.4, -0.2) is 9.56 Å². The first-order valence-electron chi connectivity index (χ1n) is 6.38. The van der Waals surface area contributed by atoms with Crippen molar-refractivity contribution in [2.24, 2.45) is 5.73 Å². The molecule has 0 atom stereocenters. The third-order valence-electron chi connectivity index (χ3n) is 3.45. The van der Waals surface area contributed by atoms with Gasteiger partial charge in [-0.3, -0.25) is 0 Å². The maximum atomic E-state index is 13.5. The van der Waals surface area contributed by atoms with Crippen LogP contribution in [0.5, 0.6) is 0 Å².